The average Bonchev–Trinajstić information content (AvgIpc) is 2.30. The zero-order valence-electron chi connectivity index (χ0n) is 9.97. The van der Waals surface area contributed by atoms with Gasteiger partial charge in [-0.3, -0.25) is 9.79 Å². The van der Waals surface area contributed by atoms with Crippen LogP contribution in [-0.4, -0.2) is 37.0 Å². The molecule has 1 aliphatic heterocycles. The van der Waals surface area contributed by atoms with Gasteiger partial charge in [0.2, 0.25) is 5.78 Å². The fraction of sp³-hybridized carbons (Fsp3) is 0.231. The summed E-state index contributed by atoms with van der Waals surface area (Å²) in [4.78, 5) is 17.7. The van der Waals surface area contributed by atoms with Crippen molar-refractivity contribution in [3.05, 3.63) is 47.3 Å². The fourth-order valence-corrected chi connectivity index (χ4v) is 1.91. The third-order valence-corrected chi connectivity index (χ3v) is 2.65. The van der Waals surface area contributed by atoms with Gasteiger partial charge >= 0.3 is 0 Å². The van der Waals surface area contributed by atoms with E-state index >= 15 is 0 Å². The van der Waals surface area contributed by atoms with Gasteiger partial charge in [-0.2, -0.15) is 0 Å². The van der Waals surface area contributed by atoms with E-state index in [-0.39, 0.29) is 12.3 Å². The number of rotatable bonds is 2. The van der Waals surface area contributed by atoms with Crippen LogP contribution in [-0.2, 0) is 4.79 Å². The van der Waals surface area contributed by atoms with Crippen LogP contribution >= 0.6 is 0 Å². The first-order valence-electron chi connectivity index (χ1n) is 5.41. The SMILES string of the molecule is CN(C)C1=C(N)C(c2ccccc2)=NCC1=O. The summed E-state index contributed by atoms with van der Waals surface area (Å²) in [5.41, 5.74) is 8.67. The molecule has 0 radical (unpaired) electrons. The molecule has 4 nitrogen and oxygen atoms in total. The van der Waals surface area contributed by atoms with E-state index in [9.17, 15) is 4.79 Å². The molecule has 0 spiro atoms. The van der Waals surface area contributed by atoms with Crippen LogP contribution in [0, 0.1) is 0 Å². The first-order chi connectivity index (χ1) is 8.11. The van der Waals surface area contributed by atoms with Gasteiger partial charge in [-0.1, -0.05) is 30.3 Å². The number of aliphatic imine (C=N–C) groups is 1. The molecule has 88 valence electrons. The number of hydrogen-bond donors (Lipinski definition) is 1. The number of Topliss-reactive ketones (excluding diaryl/α,β-unsaturated/α-hetero) is 1. The number of dihydropyridines is 1. The van der Waals surface area contributed by atoms with Crippen molar-refractivity contribution in [1.29, 1.82) is 0 Å². The molecule has 4 heteroatoms. The molecule has 1 aromatic carbocycles. The number of nitrogens with two attached hydrogens (primary N) is 1. The highest BCUT2D eigenvalue weighted by atomic mass is 16.1. The van der Waals surface area contributed by atoms with E-state index in [1.54, 1.807) is 4.90 Å². The molecule has 0 bridgehead atoms. The van der Waals surface area contributed by atoms with Crippen molar-refractivity contribution in [2.24, 2.45) is 10.7 Å². The summed E-state index contributed by atoms with van der Waals surface area (Å²) in [5.74, 6) is -0.0350. The summed E-state index contributed by atoms with van der Waals surface area (Å²) >= 11 is 0. The first kappa shape index (κ1) is 11.4. The quantitative estimate of drug-likeness (QED) is 0.815. The van der Waals surface area contributed by atoms with Crippen LogP contribution < -0.4 is 5.73 Å². The summed E-state index contributed by atoms with van der Waals surface area (Å²) in [6.45, 7) is 0.165. The molecule has 0 aliphatic carbocycles. The van der Waals surface area contributed by atoms with Gasteiger partial charge in [-0.25, -0.2) is 0 Å². The van der Waals surface area contributed by atoms with Crippen LogP contribution in [0.25, 0.3) is 0 Å². The summed E-state index contributed by atoms with van der Waals surface area (Å²) in [5, 5.41) is 0. The fourth-order valence-electron chi connectivity index (χ4n) is 1.91. The third-order valence-electron chi connectivity index (χ3n) is 2.65. The Kier molecular flexibility index (Phi) is 2.95. The van der Waals surface area contributed by atoms with E-state index in [1.165, 1.54) is 0 Å². The average molecular weight is 229 g/mol. The summed E-state index contributed by atoms with van der Waals surface area (Å²) < 4.78 is 0. The molecule has 2 N–H and O–H groups in total. The van der Waals surface area contributed by atoms with Crippen molar-refractivity contribution in [2.75, 3.05) is 20.6 Å². The van der Waals surface area contributed by atoms with Crippen LogP contribution in [0.5, 0.6) is 0 Å². The van der Waals surface area contributed by atoms with Gasteiger partial charge in [0.1, 0.15) is 12.2 Å². The van der Waals surface area contributed by atoms with Crippen LogP contribution in [0.2, 0.25) is 0 Å². The predicted octanol–water partition coefficient (Wildman–Crippen LogP) is 0.790. The number of ketones is 1. The topological polar surface area (TPSA) is 58.7 Å². The second kappa shape index (κ2) is 4.41. The van der Waals surface area contributed by atoms with Gasteiger partial charge in [-0.15, -0.1) is 0 Å². The number of allylic oxidation sites excluding steroid dienone is 1. The van der Waals surface area contributed by atoms with E-state index < -0.39 is 0 Å². The zero-order valence-corrected chi connectivity index (χ0v) is 9.97. The maximum Gasteiger partial charge on any atom is 0.202 e. The number of nitrogens with zero attached hydrogens (tertiary/aromatic N) is 2. The summed E-state index contributed by atoms with van der Waals surface area (Å²) in [7, 11) is 3.63. The largest absolute Gasteiger partial charge is 0.395 e. The molecule has 17 heavy (non-hydrogen) atoms. The van der Waals surface area contributed by atoms with E-state index in [0.717, 1.165) is 5.56 Å². The molecule has 0 saturated carbocycles. The molecule has 0 saturated heterocycles. The van der Waals surface area contributed by atoms with Crippen molar-refractivity contribution in [1.82, 2.24) is 4.90 Å². The third kappa shape index (κ3) is 2.06. The Hall–Kier alpha value is -2.10. The second-order valence-corrected chi connectivity index (χ2v) is 4.11. The standard InChI is InChI=1S/C13H15N3O/c1-16(2)13-10(17)8-15-12(11(13)14)9-6-4-3-5-7-9/h3-7H,8,14H2,1-2H3. The Morgan fingerprint density at radius 3 is 2.47 bits per heavy atom. The Morgan fingerprint density at radius 1 is 1.24 bits per heavy atom. The molecule has 0 atom stereocenters. The van der Waals surface area contributed by atoms with Gasteiger partial charge < -0.3 is 10.6 Å². The molecular formula is C13H15N3O. The lowest BCUT2D eigenvalue weighted by Crippen LogP contribution is -2.33. The second-order valence-electron chi connectivity index (χ2n) is 4.11. The maximum atomic E-state index is 11.7. The van der Waals surface area contributed by atoms with Gasteiger partial charge in [0.15, 0.2) is 0 Å². The number of carbonyl (C=O) groups is 1. The van der Waals surface area contributed by atoms with Crippen LogP contribution in [0.3, 0.4) is 0 Å². The molecular weight excluding hydrogens is 214 g/mol. The summed E-state index contributed by atoms with van der Waals surface area (Å²) in [6.07, 6.45) is 0. The van der Waals surface area contributed by atoms with E-state index in [0.29, 0.717) is 17.1 Å². The predicted molar refractivity (Wildman–Crippen MR) is 67.8 cm³/mol. The molecule has 0 unspecified atom stereocenters. The van der Waals surface area contributed by atoms with E-state index in [1.807, 2.05) is 44.4 Å². The van der Waals surface area contributed by atoms with Gasteiger partial charge in [0.25, 0.3) is 0 Å². The van der Waals surface area contributed by atoms with Crippen molar-refractivity contribution in [3.8, 4) is 0 Å². The van der Waals surface area contributed by atoms with Crippen molar-refractivity contribution < 1.29 is 4.79 Å². The minimum absolute atomic E-state index is 0.0350. The van der Waals surface area contributed by atoms with Crippen LogP contribution in [0.15, 0.2) is 46.7 Å². The monoisotopic (exact) mass is 229 g/mol. The van der Waals surface area contributed by atoms with E-state index in [4.69, 9.17) is 5.73 Å². The number of benzene rings is 1. The van der Waals surface area contributed by atoms with E-state index in [2.05, 4.69) is 4.99 Å². The summed E-state index contributed by atoms with van der Waals surface area (Å²) in [6, 6.07) is 9.67. The highest BCUT2D eigenvalue weighted by Gasteiger charge is 2.24. The minimum Gasteiger partial charge on any atom is -0.395 e. The lowest BCUT2D eigenvalue weighted by molar-refractivity contribution is -0.115. The maximum absolute atomic E-state index is 11.7. The van der Waals surface area contributed by atoms with Crippen LogP contribution in [0.4, 0.5) is 0 Å². The highest BCUT2D eigenvalue weighted by molar-refractivity contribution is 6.19. The van der Waals surface area contributed by atoms with Gasteiger partial charge in [0.05, 0.1) is 11.4 Å². The molecule has 0 aromatic heterocycles. The van der Waals surface area contributed by atoms with Crippen molar-refractivity contribution >= 4 is 11.5 Å². The Bertz CT molecular complexity index is 501. The number of likely N-dealkylation sites (N-methyl/N-ethyl adjacent to an activating group) is 1. The first-order valence-corrected chi connectivity index (χ1v) is 5.41. The lowest BCUT2D eigenvalue weighted by atomic mass is 10.0. The molecule has 1 aliphatic rings. The molecule has 1 aromatic rings. The molecule has 1 heterocycles. The lowest BCUT2D eigenvalue weighted by Gasteiger charge is -2.22. The van der Waals surface area contributed by atoms with Crippen molar-refractivity contribution in [2.45, 2.75) is 0 Å². The zero-order chi connectivity index (χ0) is 12.4. The van der Waals surface area contributed by atoms with Crippen molar-refractivity contribution in [3.63, 3.8) is 0 Å². The van der Waals surface area contributed by atoms with Crippen LogP contribution in [0.1, 0.15) is 5.56 Å². The minimum atomic E-state index is -0.0350. The Balaban J connectivity index is 2.48. The number of hydrogen-bond acceptors (Lipinski definition) is 4. The highest BCUT2D eigenvalue weighted by Crippen LogP contribution is 2.16. The van der Waals surface area contributed by atoms with Gasteiger partial charge in [0, 0.05) is 19.7 Å². The number of carbonyl (C=O) groups excluding carboxylic acids is 1. The normalized spacial score (nSPS) is 15.9. The molecule has 0 amide bonds. The Morgan fingerprint density at radius 2 is 1.88 bits per heavy atom. The molecule has 2 rings (SSSR count). The van der Waals surface area contributed by atoms with Gasteiger partial charge in [-0.05, 0) is 0 Å². The Labute approximate surface area is 100 Å². The smallest absolute Gasteiger partial charge is 0.202 e. The molecule has 0 fully saturated rings.